The summed E-state index contributed by atoms with van der Waals surface area (Å²) in [5.74, 6) is 0.300. The lowest BCUT2D eigenvalue weighted by Gasteiger charge is -2.11. The van der Waals surface area contributed by atoms with Gasteiger partial charge in [-0.05, 0) is 28.1 Å². The molecule has 6 heteroatoms. The highest BCUT2D eigenvalue weighted by Gasteiger charge is 2.17. The van der Waals surface area contributed by atoms with Crippen molar-refractivity contribution in [2.45, 2.75) is 0 Å². The van der Waals surface area contributed by atoms with Crippen LogP contribution in [0.15, 0.2) is 16.6 Å². The molecule has 0 saturated heterocycles. The molecule has 16 heavy (non-hydrogen) atoms. The maximum atomic E-state index is 11.0. The number of hydrogen-bond acceptors (Lipinski definition) is 5. The van der Waals surface area contributed by atoms with E-state index < -0.39 is 6.16 Å². The Kier molecular flexibility index (Phi) is 4.30. The summed E-state index contributed by atoms with van der Waals surface area (Å²) < 4.78 is 14.7. The molecule has 0 unspecified atom stereocenters. The predicted octanol–water partition coefficient (Wildman–Crippen LogP) is 2.42. The molecule has 0 aromatic heterocycles. The summed E-state index contributed by atoms with van der Waals surface area (Å²) in [6.45, 7) is 0. The van der Waals surface area contributed by atoms with E-state index >= 15 is 0 Å². The van der Waals surface area contributed by atoms with Crippen LogP contribution in [0.3, 0.4) is 0 Å². The minimum atomic E-state index is -0.917. The van der Waals surface area contributed by atoms with Crippen molar-refractivity contribution in [3.8, 4) is 11.5 Å². The number of benzene rings is 1. The zero-order valence-electron chi connectivity index (χ0n) is 8.65. The fraction of sp³-hybridized carbons (Fsp3) is 0.200. The Hall–Kier alpha value is -1.56. The summed E-state index contributed by atoms with van der Waals surface area (Å²) in [4.78, 5) is 21.9. The van der Waals surface area contributed by atoms with Gasteiger partial charge in [0.25, 0.3) is 0 Å². The van der Waals surface area contributed by atoms with Gasteiger partial charge in [0.15, 0.2) is 17.8 Å². The summed E-state index contributed by atoms with van der Waals surface area (Å²) in [6.07, 6.45) is -0.357. The fourth-order valence-electron chi connectivity index (χ4n) is 1.06. The van der Waals surface area contributed by atoms with Crippen LogP contribution in [0.2, 0.25) is 0 Å². The van der Waals surface area contributed by atoms with E-state index in [1.54, 1.807) is 12.1 Å². The van der Waals surface area contributed by atoms with Crippen molar-refractivity contribution in [3.63, 3.8) is 0 Å². The number of methoxy groups -OCH3 is 2. The van der Waals surface area contributed by atoms with E-state index in [-0.39, 0.29) is 17.1 Å². The van der Waals surface area contributed by atoms with Crippen LogP contribution in [-0.4, -0.2) is 26.7 Å². The Morgan fingerprint density at radius 3 is 2.56 bits per heavy atom. The standard InChI is InChI=1S/C10H9BrO5/c1-14-8-4-3-7(11)6(5-12)9(8)16-10(13)15-2/h3-5H,1-2H3. The largest absolute Gasteiger partial charge is 0.513 e. The Labute approximate surface area is 100 Å². The number of ether oxygens (including phenoxy) is 3. The van der Waals surface area contributed by atoms with E-state index in [0.29, 0.717) is 10.8 Å². The predicted molar refractivity (Wildman–Crippen MR) is 59.1 cm³/mol. The van der Waals surface area contributed by atoms with Crippen LogP contribution in [0.25, 0.3) is 0 Å². The SMILES string of the molecule is COC(=O)Oc1c(OC)ccc(Br)c1C=O. The molecule has 0 saturated carbocycles. The average Bonchev–Trinajstić information content (AvgIpc) is 2.29. The lowest BCUT2D eigenvalue weighted by Crippen LogP contribution is -2.10. The monoisotopic (exact) mass is 288 g/mol. The molecule has 0 aliphatic carbocycles. The number of carbonyl (C=O) groups is 2. The molecular weight excluding hydrogens is 280 g/mol. The van der Waals surface area contributed by atoms with Crippen LogP contribution in [0, 0.1) is 0 Å². The van der Waals surface area contributed by atoms with Gasteiger partial charge in [0.1, 0.15) is 0 Å². The number of halogens is 1. The summed E-state index contributed by atoms with van der Waals surface area (Å²) in [5, 5.41) is 0. The van der Waals surface area contributed by atoms with Gasteiger partial charge in [0, 0.05) is 4.47 Å². The lowest BCUT2D eigenvalue weighted by molar-refractivity contribution is 0.110. The van der Waals surface area contributed by atoms with Crippen LogP contribution in [-0.2, 0) is 4.74 Å². The summed E-state index contributed by atoms with van der Waals surface area (Å²) in [6, 6.07) is 3.18. The molecule has 1 rings (SSSR count). The van der Waals surface area contributed by atoms with E-state index in [2.05, 4.69) is 20.7 Å². The first-order chi connectivity index (χ1) is 7.63. The highest BCUT2D eigenvalue weighted by atomic mass is 79.9. The Morgan fingerprint density at radius 1 is 1.38 bits per heavy atom. The van der Waals surface area contributed by atoms with Gasteiger partial charge in [0.05, 0.1) is 19.8 Å². The van der Waals surface area contributed by atoms with E-state index in [4.69, 9.17) is 9.47 Å². The highest BCUT2D eigenvalue weighted by molar-refractivity contribution is 9.10. The molecule has 0 radical (unpaired) electrons. The molecule has 0 fully saturated rings. The van der Waals surface area contributed by atoms with Crippen molar-refractivity contribution in [2.75, 3.05) is 14.2 Å². The quantitative estimate of drug-likeness (QED) is 0.486. The highest BCUT2D eigenvalue weighted by Crippen LogP contribution is 2.35. The molecule has 86 valence electrons. The molecule has 0 aliphatic heterocycles. The Balaban J connectivity index is 3.24. The third-order valence-electron chi connectivity index (χ3n) is 1.80. The number of hydrogen-bond donors (Lipinski definition) is 0. The second-order valence-electron chi connectivity index (χ2n) is 2.67. The van der Waals surface area contributed by atoms with Gasteiger partial charge in [-0.1, -0.05) is 0 Å². The third-order valence-corrected chi connectivity index (χ3v) is 2.49. The van der Waals surface area contributed by atoms with Crippen molar-refractivity contribution in [3.05, 3.63) is 22.2 Å². The molecule has 0 bridgehead atoms. The minimum absolute atomic E-state index is 0.0266. The molecule has 0 spiro atoms. The van der Waals surface area contributed by atoms with Crippen molar-refractivity contribution in [1.29, 1.82) is 0 Å². The van der Waals surface area contributed by atoms with E-state index in [9.17, 15) is 9.59 Å². The van der Waals surface area contributed by atoms with Crippen molar-refractivity contribution in [1.82, 2.24) is 0 Å². The fourth-order valence-corrected chi connectivity index (χ4v) is 1.46. The maximum absolute atomic E-state index is 11.0. The van der Waals surface area contributed by atoms with E-state index in [0.717, 1.165) is 0 Å². The van der Waals surface area contributed by atoms with Crippen molar-refractivity contribution >= 4 is 28.4 Å². The molecule has 5 nitrogen and oxygen atoms in total. The van der Waals surface area contributed by atoms with Crippen LogP contribution in [0.5, 0.6) is 11.5 Å². The number of rotatable bonds is 3. The van der Waals surface area contributed by atoms with Gasteiger partial charge in [-0.25, -0.2) is 4.79 Å². The van der Waals surface area contributed by atoms with Crippen LogP contribution in [0.4, 0.5) is 4.79 Å². The van der Waals surface area contributed by atoms with Gasteiger partial charge in [-0.15, -0.1) is 0 Å². The van der Waals surface area contributed by atoms with Gasteiger partial charge in [0.2, 0.25) is 0 Å². The smallest absolute Gasteiger partial charge is 0.493 e. The third kappa shape index (κ3) is 2.52. The molecule has 0 heterocycles. The summed E-state index contributed by atoms with van der Waals surface area (Å²) in [5.41, 5.74) is 0.185. The second-order valence-corrected chi connectivity index (χ2v) is 3.52. The normalized spacial score (nSPS) is 9.44. The van der Waals surface area contributed by atoms with Crippen molar-refractivity contribution in [2.24, 2.45) is 0 Å². The minimum Gasteiger partial charge on any atom is -0.493 e. The first-order valence-corrected chi connectivity index (χ1v) is 5.00. The van der Waals surface area contributed by atoms with E-state index in [1.165, 1.54) is 14.2 Å². The lowest BCUT2D eigenvalue weighted by atomic mass is 10.2. The van der Waals surface area contributed by atoms with Crippen LogP contribution < -0.4 is 9.47 Å². The summed E-state index contributed by atoms with van der Waals surface area (Å²) >= 11 is 3.16. The first-order valence-electron chi connectivity index (χ1n) is 4.21. The topological polar surface area (TPSA) is 61.8 Å². The van der Waals surface area contributed by atoms with Gasteiger partial charge < -0.3 is 14.2 Å². The van der Waals surface area contributed by atoms with Crippen LogP contribution in [0.1, 0.15) is 10.4 Å². The zero-order valence-corrected chi connectivity index (χ0v) is 10.2. The second kappa shape index (κ2) is 5.50. The van der Waals surface area contributed by atoms with Crippen LogP contribution >= 0.6 is 15.9 Å². The van der Waals surface area contributed by atoms with Crippen molar-refractivity contribution < 1.29 is 23.8 Å². The van der Waals surface area contributed by atoms with Gasteiger partial charge >= 0.3 is 6.16 Å². The molecule has 0 atom stereocenters. The average molecular weight is 289 g/mol. The summed E-state index contributed by atoms with van der Waals surface area (Å²) in [7, 11) is 2.58. The molecule has 0 aliphatic rings. The molecular formula is C10H9BrO5. The van der Waals surface area contributed by atoms with Gasteiger partial charge in [-0.2, -0.15) is 0 Å². The zero-order chi connectivity index (χ0) is 12.1. The number of aldehydes is 1. The first kappa shape index (κ1) is 12.5. The van der Waals surface area contributed by atoms with Gasteiger partial charge in [-0.3, -0.25) is 4.79 Å². The molecule has 0 N–H and O–H groups in total. The molecule has 1 aromatic rings. The number of carbonyl (C=O) groups excluding carboxylic acids is 2. The molecule has 1 aromatic carbocycles. The Morgan fingerprint density at radius 2 is 2.06 bits per heavy atom. The Bertz CT molecular complexity index is 416. The van der Waals surface area contributed by atoms with E-state index in [1.807, 2.05) is 0 Å². The maximum Gasteiger partial charge on any atom is 0.513 e. The molecule has 0 amide bonds.